The van der Waals surface area contributed by atoms with Gasteiger partial charge < -0.3 is 4.90 Å². The first kappa shape index (κ1) is 10.9. The molecule has 1 aliphatic rings. The van der Waals surface area contributed by atoms with Crippen molar-refractivity contribution in [3.05, 3.63) is 22.3 Å². The van der Waals surface area contributed by atoms with Gasteiger partial charge in [-0.25, -0.2) is 4.98 Å². The molecule has 82 valence electrons. The predicted octanol–water partition coefficient (Wildman–Crippen LogP) is 3.39. The third kappa shape index (κ3) is 2.17. The molecule has 0 saturated heterocycles. The first-order chi connectivity index (χ1) is 7.11. The monoisotopic (exact) mass is 268 g/mol. The van der Waals surface area contributed by atoms with Crippen molar-refractivity contribution in [1.29, 1.82) is 0 Å². The molecule has 0 amide bonds. The number of rotatable bonds is 3. The lowest BCUT2D eigenvalue weighted by atomic mass is 10.2. The van der Waals surface area contributed by atoms with Gasteiger partial charge in [0.15, 0.2) is 0 Å². The van der Waals surface area contributed by atoms with Crippen LogP contribution in [0.25, 0.3) is 0 Å². The maximum absolute atomic E-state index is 4.45. The minimum Gasteiger partial charge on any atom is -0.356 e. The lowest BCUT2D eigenvalue weighted by Crippen LogP contribution is -2.31. The van der Waals surface area contributed by atoms with E-state index in [4.69, 9.17) is 0 Å². The van der Waals surface area contributed by atoms with Crippen LogP contribution in [0.2, 0.25) is 0 Å². The molecule has 1 unspecified atom stereocenters. The van der Waals surface area contributed by atoms with Gasteiger partial charge in [-0.3, -0.25) is 0 Å². The van der Waals surface area contributed by atoms with Crippen molar-refractivity contribution < 1.29 is 0 Å². The normalized spacial score (nSPS) is 17.6. The number of aryl methyl sites for hydroxylation is 1. The molecule has 3 heteroatoms. The summed E-state index contributed by atoms with van der Waals surface area (Å²) in [7, 11) is 2.13. The summed E-state index contributed by atoms with van der Waals surface area (Å²) in [5, 5.41) is 0. The summed E-state index contributed by atoms with van der Waals surface area (Å²) in [5.41, 5.74) is 1.25. The number of hydrogen-bond donors (Lipinski definition) is 0. The van der Waals surface area contributed by atoms with E-state index in [-0.39, 0.29) is 0 Å². The van der Waals surface area contributed by atoms with Crippen molar-refractivity contribution in [2.75, 3.05) is 11.9 Å². The van der Waals surface area contributed by atoms with E-state index in [1.165, 1.54) is 18.4 Å². The predicted molar refractivity (Wildman–Crippen MR) is 67.3 cm³/mol. The minimum absolute atomic E-state index is 0.593. The van der Waals surface area contributed by atoms with Crippen molar-refractivity contribution in [3.63, 3.8) is 0 Å². The summed E-state index contributed by atoms with van der Waals surface area (Å²) in [6.45, 7) is 4.39. The Morgan fingerprint density at radius 1 is 1.53 bits per heavy atom. The van der Waals surface area contributed by atoms with Gasteiger partial charge in [0.1, 0.15) is 5.82 Å². The highest BCUT2D eigenvalue weighted by Crippen LogP contribution is 2.37. The average Bonchev–Trinajstić information content (AvgIpc) is 3.03. The summed E-state index contributed by atoms with van der Waals surface area (Å²) >= 11 is 3.61. The molecule has 0 N–H and O–H groups in total. The third-order valence-corrected chi connectivity index (χ3v) is 4.29. The van der Waals surface area contributed by atoms with Crippen LogP contribution in [0.1, 0.15) is 25.3 Å². The second-order valence-corrected chi connectivity index (χ2v) is 5.25. The fraction of sp³-hybridized carbons (Fsp3) is 0.583. The first-order valence-electron chi connectivity index (χ1n) is 5.45. The van der Waals surface area contributed by atoms with E-state index in [1.807, 2.05) is 12.3 Å². The van der Waals surface area contributed by atoms with Crippen LogP contribution in [0, 0.1) is 12.8 Å². The molecule has 1 aromatic rings. The van der Waals surface area contributed by atoms with E-state index >= 15 is 0 Å². The van der Waals surface area contributed by atoms with E-state index < -0.39 is 0 Å². The molecule has 15 heavy (non-hydrogen) atoms. The molecule has 0 aromatic carbocycles. The smallest absolute Gasteiger partial charge is 0.143 e. The minimum atomic E-state index is 0.593. The number of hydrogen-bond acceptors (Lipinski definition) is 2. The Balaban J connectivity index is 2.24. The van der Waals surface area contributed by atoms with Gasteiger partial charge in [-0.2, -0.15) is 0 Å². The van der Waals surface area contributed by atoms with Crippen LogP contribution in [0.5, 0.6) is 0 Å². The molecule has 0 bridgehead atoms. The number of aromatic nitrogens is 1. The molecule has 1 fully saturated rings. The summed E-state index contributed by atoms with van der Waals surface area (Å²) in [6, 6.07) is 2.62. The molecule has 1 heterocycles. The number of halogens is 1. The fourth-order valence-corrected chi connectivity index (χ4v) is 2.37. The van der Waals surface area contributed by atoms with E-state index in [9.17, 15) is 0 Å². The SMILES string of the molecule is Cc1ccnc(N(C)C(C)C2CC2)c1Br. The zero-order valence-corrected chi connectivity index (χ0v) is 11.1. The number of pyridine rings is 1. The highest BCUT2D eigenvalue weighted by Gasteiger charge is 2.31. The lowest BCUT2D eigenvalue weighted by molar-refractivity contribution is 0.603. The summed E-state index contributed by atoms with van der Waals surface area (Å²) in [6.07, 6.45) is 4.62. The quantitative estimate of drug-likeness (QED) is 0.836. The van der Waals surface area contributed by atoms with Crippen LogP contribution in [0.15, 0.2) is 16.7 Å². The standard InChI is InChI=1S/C12H17BrN2/c1-8-6-7-14-12(11(8)13)15(3)9(2)10-4-5-10/h6-7,9-10H,4-5H2,1-3H3. The summed E-state index contributed by atoms with van der Waals surface area (Å²) < 4.78 is 1.13. The Morgan fingerprint density at radius 2 is 2.20 bits per heavy atom. The van der Waals surface area contributed by atoms with Gasteiger partial charge in [-0.1, -0.05) is 0 Å². The van der Waals surface area contributed by atoms with Gasteiger partial charge >= 0.3 is 0 Å². The molecule has 1 aromatic heterocycles. The van der Waals surface area contributed by atoms with E-state index in [0.29, 0.717) is 6.04 Å². The molecule has 0 spiro atoms. The molecular weight excluding hydrogens is 252 g/mol. The molecule has 0 radical (unpaired) electrons. The summed E-state index contributed by atoms with van der Waals surface area (Å²) in [5.74, 6) is 1.93. The van der Waals surface area contributed by atoms with Crippen LogP contribution in [0.3, 0.4) is 0 Å². The second kappa shape index (κ2) is 4.12. The van der Waals surface area contributed by atoms with Crippen LogP contribution >= 0.6 is 15.9 Å². The lowest BCUT2D eigenvalue weighted by Gasteiger charge is -2.27. The second-order valence-electron chi connectivity index (χ2n) is 4.45. The van der Waals surface area contributed by atoms with Crippen LogP contribution in [-0.4, -0.2) is 18.1 Å². The molecular formula is C12H17BrN2. The maximum Gasteiger partial charge on any atom is 0.143 e. The zero-order chi connectivity index (χ0) is 11.0. The van der Waals surface area contributed by atoms with Gasteiger partial charge in [0.05, 0.1) is 4.47 Å². The highest BCUT2D eigenvalue weighted by molar-refractivity contribution is 9.10. The van der Waals surface area contributed by atoms with Gasteiger partial charge in [-0.15, -0.1) is 0 Å². The van der Waals surface area contributed by atoms with Crippen LogP contribution < -0.4 is 4.90 Å². The van der Waals surface area contributed by atoms with Gasteiger partial charge in [-0.05, 0) is 60.2 Å². The van der Waals surface area contributed by atoms with E-state index in [1.54, 1.807) is 0 Å². The topological polar surface area (TPSA) is 16.1 Å². The maximum atomic E-state index is 4.45. The van der Waals surface area contributed by atoms with Gasteiger partial charge in [0.2, 0.25) is 0 Å². The molecule has 2 rings (SSSR count). The first-order valence-corrected chi connectivity index (χ1v) is 6.24. The Morgan fingerprint density at radius 3 is 2.80 bits per heavy atom. The van der Waals surface area contributed by atoms with Crippen molar-refractivity contribution in [3.8, 4) is 0 Å². The average molecular weight is 269 g/mol. The van der Waals surface area contributed by atoms with E-state index in [2.05, 4.69) is 46.7 Å². The van der Waals surface area contributed by atoms with Crippen molar-refractivity contribution in [2.45, 2.75) is 32.7 Å². The molecule has 0 aliphatic heterocycles. The Bertz CT molecular complexity index is 361. The highest BCUT2D eigenvalue weighted by atomic mass is 79.9. The fourth-order valence-electron chi connectivity index (χ4n) is 1.86. The van der Waals surface area contributed by atoms with Crippen LogP contribution in [0.4, 0.5) is 5.82 Å². The third-order valence-electron chi connectivity index (χ3n) is 3.31. The van der Waals surface area contributed by atoms with Crippen molar-refractivity contribution in [1.82, 2.24) is 4.98 Å². The molecule has 1 atom stereocenters. The summed E-state index contributed by atoms with van der Waals surface area (Å²) in [4.78, 5) is 6.74. The molecule has 2 nitrogen and oxygen atoms in total. The van der Waals surface area contributed by atoms with Crippen molar-refractivity contribution >= 4 is 21.7 Å². The van der Waals surface area contributed by atoms with Crippen molar-refractivity contribution in [2.24, 2.45) is 5.92 Å². The van der Waals surface area contributed by atoms with Gasteiger partial charge in [0, 0.05) is 19.3 Å². The molecule has 1 aliphatic carbocycles. The Hall–Kier alpha value is -0.570. The van der Waals surface area contributed by atoms with Gasteiger partial charge in [0.25, 0.3) is 0 Å². The molecule has 1 saturated carbocycles. The Kier molecular flexibility index (Phi) is 3.01. The number of nitrogens with zero attached hydrogens (tertiary/aromatic N) is 2. The Labute approximate surface area is 99.8 Å². The zero-order valence-electron chi connectivity index (χ0n) is 9.50. The van der Waals surface area contributed by atoms with E-state index in [0.717, 1.165) is 16.2 Å². The van der Waals surface area contributed by atoms with Crippen LogP contribution in [-0.2, 0) is 0 Å². The largest absolute Gasteiger partial charge is 0.356 e. The number of anilines is 1.